The highest BCUT2D eigenvalue weighted by atomic mass is 35.5. The van der Waals surface area contributed by atoms with Gasteiger partial charge in [-0.25, -0.2) is 0 Å². The number of rotatable bonds is 5. The van der Waals surface area contributed by atoms with Crippen LogP contribution in [0, 0.1) is 13.8 Å². The Labute approximate surface area is 108 Å². The Morgan fingerprint density at radius 3 is 2.65 bits per heavy atom. The highest BCUT2D eigenvalue weighted by molar-refractivity contribution is 6.32. The lowest BCUT2D eigenvalue weighted by Gasteiger charge is -2.20. The first kappa shape index (κ1) is 14.3. The molecule has 0 saturated heterocycles. The summed E-state index contributed by atoms with van der Waals surface area (Å²) in [5.41, 5.74) is 9.19. The van der Waals surface area contributed by atoms with Crippen LogP contribution >= 0.6 is 11.6 Å². The molecular formula is C13H21ClN2O. The summed E-state index contributed by atoms with van der Waals surface area (Å²) in [6.07, 6.45) is 0. The molecule has 0 saturated carbocycles. The van der Waals surface area contributed by atoms with Crippen LogP contribution in [0.25, 0.3) is 0 Å². The Hall–Kier alpha value is -0.770. The molecule has 3 nitrogen and oxygen atoms in total. The van der Waals surface area contributed by atoms with E-state index >= 15 is 0 Å². The molecule has 0 amide bonds. The maximum Gasteiger partial charge on any atom is 0.124 e. The third-order valence-electron chi connectivity index (χ3n) is 2.90. The van der Waals surface area contributed by atoms with Crippen LogP contribution < -0.4 is 15.8 Å². The number of halogens is 1. The summed E-state index contributed by atoms with van der Waals surface area (Å²) in [7, 11) is 1.66. The summed E-state index contributed by atoms with van der Waals surface area (Å²) in [5, 5.41) is 4.01. The van der Waals surface area contributed by atoms with Gasteiger partial charge in [0.2, 0.25) is 0 Å². The molecule has 1 unspecified atom stereocenters. The predicted molar refractivity (Wildman–Crippen MR) is 73.0 cm³/mol. The number of aryl methyl sites for hydroxylation is 1. The van der Waals surface area contributed by atoms with E-state index in [0.717, 1.165) is 34.0 Å². The summed E-state index contributed by atoms with van der Waals surface area (Å²) in [6.45, 7) is 7.62. The topological polar surface area (TPSA) is 47.3 Å². The third-order valence-corrected chi connectivity index (χ3v) is 3.48. The molecule has 0 fully saturated rings. The van der Waals surface area contributed by atoms with Crippen molar-refractivity contribution in [3.05, 3.63) is 27.8 Å². The summed E-state index contributed by atoms with van der Waals surface area (Å²) in [4.78, 5) is 0. The number of methoxy groups -OCH3 is 1. The van der Waals surface area contributed by atoms with Crippen LogP contribution in [0.15, 0.2) is 6.07 Å². The lowest BCUT2D eigenvalue weighted by Crippen LogP contribution is -2.27. The number of hydrogen-bond donors (Lipinski definition) is 2. The van der Waals surface area contributed by atoms with Crippen molar-refractivity contribution < 1.29 is 4.74 Å². The quantitative estimate of drug-likeness (QED) is 0.851. The van der Waals surface area contributed by atoms with Crippen molar-refractivity contribution >= 4 is 11.6 Å². The Kier molecular flexibility index (Phi) is 5.25. The molecule has 4 heteroatoms. The van der Waals surface area contributed by atoms with Gasteiger partial charge in [-0.3, -0.25) is 0 Å². The average molecular weight is 257 g/mol. The zero-order valence-electron chi connectivity index (χ0n) is 10.9. The van der Waals surface area contributed by atoms with Crippen molar-refractivity contribution in [1.29, 1.82) is 0 Å². The molecule has 0 aliphatic carbocycles. The molecule has 0 spiro atoms. The minimum Gasteiger partial charge on any atom is -0.496 e. The second-order valence-electron chi connectivity index (χ2n) is 4.16. The van der Waals surface area contributed by atoms with Crippen molar-refractivity contribution in [3.8, 4) is 5.75 Å². The Morgan fingerprint density at radius 2 is 2.12 bits per heavy atom. The van der Waals surface area contributed by atoms with E-state index in [1.54, 1.807) is 7.11 Å². The van der Waals surface area contributed by atoms with E-state index < -0.39 is 0 Å². The summed E-state index contributed by atoms with van der Waals surface area (Å²) in [6, 6.07) is 1.83. The molecule has 96 valence electrons. The minimum absolute atomic E-state index is 0.108. The molecule has 1 aromatic rings. The molecule has 1 aromatic carbocycles. The fraction of sp³-hybridized carbons (Fsp3) is 0.538. The SMILES string of the molecule is CCNCC(N)c1c(OC)cc(C)c(Cl)c1C. The van der Waals surface area contributed by atoms with Crippen LogP contribution in [0.2, 0.25) is 5.02 Å². The molecule has 0 aliphatic heterocycles. The molecule has 1 rings (SSSR count). The number of hydrogen-bond acceptors (Lipinski definition) is 3. The van der Waals surface area contributed by atoms with E-state index in [1.807, 2.05) is 19.9 Å². The first-order valence-electron chi connectivity index (χ1n) is 5.82. The number of ether oxygens (including phenoxy) is 1. The first-order chi connectivity index (χ1) is 8.02. The van der Waals surface area contributed by atoms with Gasteiger partial charge in [-0.2, -0.15) is 0 Å². The fourth-order valence-electron chi connectivity index (χ4n) is 1.97. The summed E-state index contributed by atoms with van der Waals surface area (Å²) < 4.78 is 5.40. The van der Waals surface area contributed by atoms with E-state index in [4.69, 9.17) is 22.1 Å². The molecule has 17 heavy (non-hydrogen) atoms. The molecule has 1 atom stereocenters. The van der Waals surface area contributed by atoms with Gasteiger partial charge in [-0.1, -0.05) is 18.5 Å². The lowest BCUT2D eigenvalue weighted by atomic mass is 9.98. The largest absolute Gasteiger partial charge is 0.496 e. The molecule has 3 N–H and O–H groups in total. The maximum atomic E-state index is 6.26. The van der Waals surface area contributed by atoms with Crippen molar-refractivity contribution in [2.45, 2.75) is 26.8 Å². The van der Waals surface area contributed by atoms with Gasteiger partial charge in [-0.15, -0.1) is 0 Å². The Bertz CT molecular complexity index is 393. The van der Waals surface area contributed by atoms with Gasteiger partial charge in [0.25, 0.3) is 0 Å². The van der Waals surface area contributed by atoms with Gasteiger partial charge in [0.05, 0.1) is 7.11 Å². The standard InChI is InChI=1S/C13H21ClN2O/c1-5-16-7-10(15)12-9(3)13(14)8(2)6-11(12)17-4/h6,10,16H,5,7,15H2,1-4H3. The highest BCUT2D eigenvalue weighted by Gasteiger charge is 2.18. The number of nitrogens with one attached hydrogen (secondary N) is 1. The number of likely N-dealkylation sites (N-methyl/N-ethyl adjacent to an activating group) is 1. The highest BCUT2D eigenvalue weighted by Crippen LogP contribution is 2.34. The second-order valence-corrected chi connectivity index (χ2v) is 4.54. The number of benzene rings is 1. The minimum atomic E-state index is -0.108. The lowest BCUT2D eigenvalue weighted by molar-refractivity contribution is 0.403. The van der Waals surface area contributed by atoms with Gasteiger partial charge >= 0.3 is 0 Å². The van der Waals surface area contributed by atoms with E-state index in [-0.39, 0.29) is 6.04 Å². The summed E-state index contributed by atoms with van der Waals surface area (Å²) in [5.74, 6) is 0.815. The van der Waals surface area contributed by atoms with Crippen LogP contribution in [-0.4, -0.2) is 20.2 Å². The molecule has 0 aliphatic rings. The third kappa shape index (κ3) is 3.12. The van der Waals surface area contributed by atoms with Crippen molar-refractivity contribution in [3.63, 3.8) is 0 Å². The van der Waals surface area contributed by atoms with Crippen molar-refractivity contribution in [1.82, 2.24) is 5.32 Å². The molecule has 0 bridgehead atoms. The molecule has 0 radical (unpaired) electrons. The van der Waals surface area contributed by atoms with Crippen LogP contribution in [0.5, 0.6) is 5.75 Å². The Balaban J connectivity index is 3.16. The molecule has 0 aromatic heterocycles. The first-order valence-corrected chi connectivity index (χ1v) is 6.20. The van der Waals surface area contributed by atoms with E-state index in [9.17, 15) is 0 Å². The van der Waals surface area contributed by atoms with Crippen molar-refractivity contribution in [2.75, 3.05) is 20.2 Å². The van der Waals surface area contributed by atoms with Gasteiger partial charge < -0.3 is 15.8 Å². The zero-order chi connectivity index (χ0) is 13.0. The number of nitrogens with two attached hydrogens (primary N) is 1. The van der Waals surface area contributed by atoms with Crippen molar-refractivity contribution in [2.24, 2.45) is 5.73 Å². The van der Waals surface area contributed by atoms with E-state index in [1.165, 1.54) is 0 Å². The van der Waals surface area contributed by atoms with Gasteiger partial charge in [0.15, 0.2) is 0 Å². The van der Waals surface area contributed by atoms with Crippen LogP contribution in [0.1, 0.15) is 29.7 Å². The normalized spacial score (nSPS) is 12.6. The second kappa shape index (κ2) is 6.24. The van der Waals surface area contributed by atoms with Gasteiger partial charge in [0, 0.05) is 23.2 Å². The predicted octanol–water partition coefficient (Wildman–Crippen LogP) is 2.57. The zero-order valence-corrected chi connectivity index (χ0v) is 11.7. The molecular weight excluding hydrogens is 236 g/mol. The average Bonchev–Trinajstić information content (AvgIpc) is 2.32. The van der Waals surface area contributed by atoms with E-state index in [0.29, 0.717) is 6.54 Å². The molecule has 0 heterocycles. The van der Waals surface area contributed by atoms with Gasteiger partial charge in [-0.05, 0) is 37.6 Å². The van der Waals surface area contributed by atoms with Crippen LogP contribution in [-0.2, 0) is 0 Å². The Morgan fingerprint density at radius 1 is 1.47 bits per heavy atom. The summed E-state index contributed by atoms with van der Waals surface area (Å²) >= 11 is 6.26. The fourth-order valence-corrected chi connectivity index (χ4v) is 2.12. The smallest absolute Gasteiger partial charge is 0.124 e. The van der Waals surface area contributed by atoms with Crippen LogP contribution in [0.4, 0.5) is 0 Å². The van der Waals surface area contributed by atoms with E-state index in [2.05, 4.69) is 12.2 Å². The van der Waals surface area contributed by atoms with Gasteiger partial charge in [0.1, 0.15) is 5.75 Å². The maximum absolute atomic E-state index is 6.26. The monoisotopic (exact) mass is 256 g/mol. The van der Waals surface area contributed by atoms with Crippen LogP contribution in [0.3, 0.4) is 0 Å².